The van der Waals surface area contributed by atoms with Gasteiger partial charge in [-0.15, -0.1) is 10.2 Å². The Morgan fingerprint density at radius 2 is 1.81 bits per heavy atom. The molecule has 9 heteroatoms. The molecule has 0 aliphatic heterocycles. The van der Waals surface area contributed by atoms with Gasteiger partial charge in [0.2, 0.25) is 5.91 Å². The number of benzene rings is 2. The van der Waals surface area contributed by atoms with Gasteiger partial charge in [-0.05, 0) is 43.2 Å². The van der Waals surface area contributed by atoms with Crippen LogP contribution in [-0.4, -0.2) is 46.1 Å². The van der Waals surface area contributed by atoms with E-state index < -0.39 is 17.2 Å². The molecule has 0 spiro atoms. The summed E-state index contributed by atoms with van der Waals surface area (Å²) in [5, 5.41) is 13.5. The highest BCUT2D eigenvalue weighted by Crippen LogP contribution is 2.28. The quantitative estimate of drug-likeness (QED) is 0.524. The maximum Gasteiger partial charge on any atom is 0.321 e. The van der Waals surface area contributed by atoms with E-state index in [0.717, 1.165) is 17.7 Å². The van der Waals surface area contributed by atoms with E-state index in [1.807, 2.05) is 47.0 Å². The third-order valence-corrected chi connectivity index (χ3v) is 5.73. The van der Waals surface area contributed by atoms with Gasteiger partial charge < -0.3 is 14.6 Å². The molecular formula is C22H25N5O3S. The molecule has 3 aromatic rings. The molecular weight excluding hydrogens is 414 g/mol. The fourth-order valence-electron chi connectivity index (χ4n) is 2.90. The van der Waals surface area contributed by atoms with Crippen LogP contribution in [0.3, 0.4) is 0 Å². The van der Waals surface area contributed by atoms with Crippen molar-refractivity contribution in [2.75, 3.05) is 14.2 Å². The van der Waals surface area contributed by atoms with Gasteiger partial charge in [0.05, 0.1) is 12.4 Å². The van der Waals surface area contributed by atoms with Gasteiger partial charge in [0.15, 0.2) is 11.0 Å². The Kier molecular flexibility index (Phi) is 7.66. The Hall–Kier alpha value is -3.33. The Bertz CT molecular complexity index is 1020. The minimum Gasteiger partial charge on any atom is -0.497 e. The summed E-state index contributed by atoms with van der Waals surface area (Å²) >= 11 is 1.26. The third-order valence-electron chi connectivity index (χ3n) is 4.65. The van der Waals surface area contributed by atoms with E-state index >= 15 is 0 Å². The van der Waals surface area contributed by atoms with Crippen LogP contribution in [0.1, 0.15) is 12.5 Å². The summed E-state index contributed by atoms with van der Waals surface area (Å²) in [6.07, 6.45) is 0.786. The van der Waals surface area contributed by atoms with E-state index in [2.05, 4.69) is 33.0 Å². The van der Waals surface area contributed by atoms with Gasteiger partial charge in [-0.2, -0.15) is 0 Å². The summed E-state index contributed by atoms with van der Waals surface area (Å²) in [6, 6.07) is 17.2. The van der Waals surface area contributed by atoms with Crippen molar-refractivity contribution in [3.05, 3.63) is 60.2 Å². The number of nitrogens with zero attached hydrogens (tertiary/aromatic N) is 3. The van der Waals surface area contributed by atoms with Gasteiger partial charge >= 0.3 is 6.03 Å². The van der Waals surface area contributed by atoms with E-state index in [9.17, 15) is 9.59 Å². The summed E-state index contributed by atoms with van der Waals surface area (Å²) in [7, 11) is 3.08. The minimum absolute atomic E-state index is 0.395. The third kappa shape index (κ3) is 5.85. The zero-order valence-corrected chi connectivity index (χ0v) is 18.5. The predicted molar refractivity (Wildman–Crippen MR) is 120 cm³/mol. The Morgan fingerprint density at radius 1 is 1.10 bits per heavy atom. The number of hydrogen-bond acceptors (Lipinski definition) is 6. The molecule has 0 radical (unpaired) electrons. The Labute approximate surface area is 185 Å². The fourth-order valence-corrected chi connectivity index (χ4v) is 3.78. The van der Waals surface area contributed by atoms with E-state index in [4.69, 9.17) is 4.74 Å². The molecule has 1 aromatic heterocycles. The lowest BCUT2D eigenvalue weighted by molar-refractivity contribution is -0.119. The molecule has 3 rings (SSSR count). The van der Waals surface area contributed by atoms with E-state index in [1.165, 1.54) is 24.4 Å². The summed E-state index contributed by atoms with van der Waals surface area (Å²) in [6.45, 7) is 2.37. The van der Waals surface area contributed by atoms with Crippen molar-refractivity contribution in [1.82, 2.24) is 25.4 Å². The first-order chi connectivity index (χ1) is 15.0. The molecule has 162 valence electrons. The predicted octanol–water partition coefficient (Wildman–Crippen LogP) is 3.13. The van der Waals surface area contributed by atoms with Crippen LogP contribution in [0, 0.1) is 0 Å². The van der Waals surface area contributed by atoms with E-state index in [1.54, 1.807) is 14.0 Å². The maximum atomic E-state index is 12.3. The smallest absolute Gasteiger partial charge is 0.321 e. The number of amides is 3. The first-order valence-corrected chi connectivity index (χ1v) is 10.7. The van der Waals surface area contributed by atoms with E-state index in [0.29, 0.717) is 17.5 Å². The molecule has 0 unspecified atom stereocenters. The van der Waals surface area contributed by atoms with Gasteiger partial charge in [-0.25, -0.2) is 4.79 Å². The minimum atomic E-state index is -0.540. The van der Waals surface area contributed by atoms with Crippen molar-refractivity contribution in [3.63, 3.8) is 0 Å². The number of rotatable bonds is 8. The van der Waals surface area contributed by atoms with Crippen LogP contribution in [-0.2, 0) is 17.8 Å². The molecule has 3 amide bonds. The van der Waals surface area contributed by atoms with Crippen molar-refractivity contribution >= 4 is 23.7 Å². The number of aromatic nitrogens is 3. The second-order valence-electron chi connectivity index (χ2n) is 6.75. The highest BCUT2D eigenvalue weighted by atomic mass is 32.2. The molecule has 0 fully saturated rings. The number of carbonyl (C=O) groups excluding carboxylic acids is 2. The van der Waals surface area contributed by atoms with Crippen molar-refractivity contribution in [1.29, 1.82) is 0 Å². The Balaban J connectivity index is 1.86. The topological polar surface area (TPSA) is 98.1 Å². The monoisotopic (exact) mass is 439 g/mol. The number of thioether (sulfide) groups is 1. The van der Waals surface area contributed by atoms with Crippen molar-refractivity contribution in [3.8, 4) is 17.1 Å². The number of urea groups is 1. The van der Waals surface area contributed by atoms with Crippen molar-refractivity contribution in [2.45, 2.75) is 30.3 Å². The number of nitrogens with one attached hydrogen (secondary N) is 2. The normalized spacial score (nSPS) is 11.6. The lowest BCUT2D eigenvalue weighted by Crippen LogP contribution is -2.41. The number of imide groups is 1. The van der Waals surface area contributed by atoms with Gasteiger partial charge in [0, 0.05) is 19.2 Å². The number of methoxy groups -OCH3 is 1. The summed E-state index contributed by atoms with van der Waals surface area (Å²) in [5.74, 6) is 1.07. The second-order valence-corrected chi connectivity index (χ2v) is 8.06. The fraction of sp³-hybridized carbons (Fsp3) is 0.273. The summed E-state index contributed by atoms with van der Waals surface area (Å²) in [4.78, 5) is 23.7. The van der Waals surface area contributed by atoms with Crippen LogP contribution in [0.15, 0.2) is 59.8 Å². The van der Waals surface area contributed by atoms with Crippen LogP contribution in [0.4, 0.5) is 4.79 Å². The van der Waals surface area contributed by atoms with Crippen LogP contribution in [0.2, 0.25) is 0 Å². The first kappa shape index (κ1) is 22.4. The van der Waals surface area contributed by atoms with Crippen LogP contribution in [0.25, 0.3) is 11.4 Å². The van der Waals surface area contributed by atoms with Gasteiger partial charge in [-0.3, -0.25) is 10.1 Å². The molecule has 1 heterocycles. The number of aryl methyl sites for hydroxylation is 1. The second kappa shape index (κ2) is 10.6. The molecule has 0 saturated carbocycles. The zero-order valence-electron chi connectivity index (χ0n) is 17.7. The van der Waals surface area contributed by atoms with Crippen LogP contribution >= 0.6 is 11.8 Å². The van der Waals surface area contributed by atoms with Gasteiger partial charge in [0.1, 0.15) is 5.75 Å². The van der Waals surface area contributed by atoms with Gasteiger partial charge in [0.25, 0.3) is 0 Å². The molecule has 2 aromatic carbocycles. The Morgan fingerprint density at radius 3 is 2.45 bits per heavy atom. The summed E-state index contributed by atoms with van der Waals surface area (Å²) < 4.78 is 7.24. The largest absolute Gasteiger partial charge is 0.497 e. The molecule has 1 atom stereocenters. The van der Waals surface area contributed by atoms with Crippen LogP contribution in [0.5, 0.6) is 5.75 Å². The molecule has 0 saturated heterocycles. The maximum absolute atomic E-state index is 12.3. The van der Waals surface area contributed by atoms with E-state index in [-0.39, 0.29) is 0 Å². The molecule has 0 aliphatic carbocycles. The highest BCUT2D eigenvalue weighted by molar-refractivity contribution is 8.00. The van der Waals surface area contributed by atoms with Gasteiger partial charge in [-0.1, -0.05) is 42.1 Å². The molecule has 0 aliphatic rings. The van der Waals surface area contributed by atoms with Crippen molar-refractivity contribution < 1.29 is 14.3 Å². The number of ether oxygens (including phenoxy) is 1. The molecule has 8 nitrogen and oxygen atoms in total. The average molecular weight is 440 g/mol. The van der Waals surface area contributed by atoms with Crippen LogP contribution < -0.4 is 15.4 Å². The lowest BCUT2D eigenvalue weighted by Gasteiger charge is -2.13. The highest BCUT2D eigenvalue weighted by Gasteiger charge is 2.22. The first-order valence-electron chi connectivity index (χ1n) is 9.82. The zero-order chi connectivity index (χ0) is 22.2. The average Bonchev–Trinajstić information content (AvgIpc) is 3.20. The molecule has 31 heavy (non-hydrogen) atoms. The molecule has 2 N–H and O–H groups in total. The summed E-state index contributed by atoms with van der Waals surface area (Å²) in [5.41, 5.74) is 2.09. The molecule has 0 bridgehead atoms. The SMILES string of the molecule is CNC(=O)NC(=O)[C@@H](C)Sc1nnc(-c2ccc(OC)cc2)n1CCc1ccccc1. The number of carbonyl (C=O) groups is 2. The standard InChI is InChI=1S/C22H25N5O3S/c1-15(20(28)24-21(29)23-2)31-22-26-25-19(17-9-11-18(30-3)12-10-17)27(22)14-13-16-7-5-4-6-8-16/h4-12,15H,13-14H2,1-3H3,(H2,23,24,28,29)/t15-/m1/s1. The lowest BCUT2D eigenvalue weighted by atomic mass is 10.1. The van der Waals surface area contributed by atoms with Crippen molar-refractivity contribution in [2.24, 2.45) is 0 Å². The number of hydrogen-bond donors (Lipinski definition) is 2.